The summed E-state index contributed by atoms with van der Waals surface area (Å²) in [6, 6.07) is 9.51. The molecule has 1 aromatic rings. The molecule has 4 nitrogen and oxygen atoms in total. The van der Waals surface area contributed by atoms with Gasteiger partial charge in [-0.1, -0.05) is 31.5 Å². The second kappa shape index (κ2) is 8.66. The summed E-state index contributed by atoms with van der Waals surface area (Å²) in [4.78, 5) is 14.0. The standard InChI is InChI=1S/C14H23N3O/c1-2-3-10-17(11-9-15)12-14(18)16-13-7-5-4-6-8-13/h4-8H,2-3,9-12,15H2,1H3,(H,16,18). The minimum absolute atomic E-state index is 0.0192. The molecule has 0 atom stereocenters. The molecule has 0 aliphatic heterocycles. The highest BCUT2D eigenvalue weighted by Gasteiger charge is 2.09. The van der Waals surface area contributed by atoms with Gasteiger partial charge in [0.15, 0.2) is 0 Å². The lowest BCUT2D eigenvalue weighted by molar-refractivity contribution is -0.117. The predicted molar refractivity (Wildman–Crippen MR) is 75.5 cm³/mol. The molecule has 0 aliphatic carbocycles. The van der Waals surface area contributed by atoms with Crippen molar-refractivity contribution in [2.24, 2.45) is 5.73 Å². The molecule has 4 heteroatoms. The number of rotatable bonds is 8. The lowest BCUT2D eigenvalue weighted by Gasteiger charge is -2.20. The Morgan fingerprint density at radius 3 is 2.61 bits per heavy atom. The van der Waals surface area contributed by atoms with Gasteiger partial charge in [-0.2, -0.15) is 0 Å². The highest BCUT2D eigenvalue weighted by atomic mass is 16.2. The maximum atomic E-state index is 11.9. The maximum Gasteiger partial charge on any atom is 0.238 e. The Bertz CT molecular complexity index is 340. The van der Waals surface area contributed by atoms with E-state index in [2.05, 4.69) is 17.1 Å². The van der Waals surface area contributed by atoms with Crippen LogP contribution in [0.3, 0.4) is 0 Å². The third kappa shape index (κ3) is 5.80. The fraction of sp³-hybridized carbons (Fsp3) is 0.500. The van der Waals surface area contributed by atoms with Gasteiger partial charge in [-0.15, -0.1) is 0 Å². The number of nitrogens with two attached hydrogens (primary N) is 1. The van der Waals surface area contributed by atoms with Crippen LogP contribution in [0.2, 0.25) is 0 Å². The minimum Gasteiger partial charge on any atom is -0.329 e. The average Bonchev–Trinajstić information content (AvgIpc) is 2.37. The number of amides is 1. The summed E-state index contributed by atoms with van der Waals surface area (Å²) in [7, 11) is 0. The quantitative estimate of drug-likeness (QED) is 0.737. The van der Waals surface area contributed by atoms with Crippen molar-refractivity contribution in [1.82, 2.24) is 4.90 Å². The molecule has 0 spiro atoms. The molecule has 0 heterocycles. The van der Waals surface area contributed by atoms with Gasteiger partial charge in [0.25, 0.3) is 0 Å². The molecule has 1 aromatic carbocycles. The van der Waals surface area contributed by atoms with E-state index in [1.165, 1.54) is 0 Å². The average molecular weight is 249 g/mol. The molecule has 1 amide bonds. The normalized spacial score (nSPS) is 10.6. The Hall–Kier alpha value is -1.39. The van der Waals surface area contributed by atoms with Crippen molar-refractivity contribution in [3.8, 4) is 0 Å². The number of hydrogen-bond acceptors (Lipinski definition) is 3. The second-order valence-corrected chi connectivity index (χ2v) is 4.33. The molecule has 100 valence electrons. The van der Waals surface area contributed by atoms with E-state index >= 15 is 0 Å². The van der Waals surface area contributed by atoms with Crippen LogP contribution < -0.4 is 11.1 Å². The van der Waals surface area contributed by atoms with E-state index in [1.807, 2.05) is 30.3 Å². The van der Waals surface area contributed by atoms with Gasteiger partial charge < -0.3 is 11.1 Å². The maximum absolute atomic E-state index is 11.9. The van der Waals surface area contributed by atoms with Crippen LogP contribution >= 0.6 is 0 Å². The number of nitrogens with one attached hydrogen (secondary N) is 1. The molecular weight excluding hydrogens is 226 g/mol. The fourth-order valence-corrected chi connectivity index (χ4v) is 1.76. The van der Waals surface area contributed by atoms with Crippen molar-refractivity contribution in [3.63, 3.8) is 0 Å². The molecule has 3 N–H and O–H groups in total. The van der Waals surface area contributed by atoms with Crippen LogP contribution in [-0.4, -0.2) is 37.0 Å². The molecule has 0 saturated carbocycles. The SMILES string of the molecule is CCCCN(CCN)CC(=O)Nc1ccccc1. The molecule has 18 heavy (non-hydrogen) atoms. The molecule has 0 bridgehead atoms. The summed E-state index contributed by atoms with van der Waals surface area (Å²) in [5.74, 6) is 0.0192. The van der Waals surface area contributed by atoms with Gasteiger partial charge in [-0.25, -0.2) is 0 Å². The van der Waals surface area contributed by atoms with Crippen molar-refractivity contribution in [3.05, 3.63) is 30.3 Å². The molecular formula is C14H23N3O. The number of carbonyl (C=O) groups excluding carboxylic acids is 1. The van der Waals surface area contributed by atoms with Crippen molar-refractivity contribution < 1.29 is 4.79 Å². The van der Waals surface area contributed by atoms with Crippen LogP contribution in [0, 0.1) is 0 Å². The summed E-state index contributed by atoms with van der Waals surface area (Å²) < 4.78 is 0. The zero-order valence-corrected chi connectivity index (χ0v) is 11.1. The number of benzene rings is 1. The van der Waals surface area contributed by atoms with Gasteiger partial charge in [0.1, 0.15) is 0 Å². The largest absolute Gasteiger partial charge is 0.329 e. The first-order valence-corrected chi connectivity index (χ1v) is 6.53. The van der Waals surface area contributed by atoms with E-state index in [-0.39, 0.29) is 5.91 Å². The third-order valence-corrected chi connectivity index (χ3v) is 2.70. The summed E-state index contributed by atoms with van der Waals surface area (Å²) >= 11 is 0. The first-order valence-electron chi connectivity index (χ1n) is 6.53. The first kappa shape index (κ1) is 14.7. The summed E-state index contributed by atoms with van der Waals surface area (Å²) in [5, 5.41) is 2.89. The molecule has 0 fully saturated rings. The van der Waals surface area contributed by atoms with E-state index in [1.54, 1.807) is 0 Å². The van der Waals surface area contributed by atoms with Crippen LogP contribution in [-0.2, 0) is 4.79 Å². The van der Waals surface area contributed by atoms with Crippen LogP contribution in [0.1, 0.15) is 19.8 Å². The van der Waals surface area contributed by atoms with Gasteiger partial charge in [0, 0.05) is 18.8 Å². The number of unbranched alkanes of at least 4 members (excludes halogenated alkanes) is 1. The summed E-state index contributed by atoms with van der Waals surface area (Å²) in [5.41, 5.74) is 6.39. The topological polar surface area (TPSA) is 58.4 Å². The van der Waals surface area contributed by atoms with E-state index < -0.39 is 0 Å². The van der Waals surface area contributed by atoms with Gasteiger partial charge >= 0.3 is 0 Å². The van der Waals surface area contributed by atoms with E-state index in [0.717, 1.165) is 31.6 Å². The smallest absolute Gasteiger partial charge is 0.238 e. The highest BCUT2D eigenvalue weighted by molar-refractivity contribution is 5.92. The Kier molecular flexibility index (Phi) is 7.06. The van der Waals surface area contributed by atoms with Gasteiger partial charge in [0.2, 0.25) is 5.91 Å². The Morgan fingerprint density at radius 1 is 1.28 bits per heavy atom. The number of para-hydroxylation sites is 1. The number of carbonyl (C=O) groups is 1. The Balaban J connectivity index is 2.40. The highest BCUT2D eigenvalue weighted by Crippen LogP contribution is 2.05. The molecule has 0 aliphatic rings. The lowest BCUT2D eigenvalue weighted by atomic mass is 10.3. The van der Waals surface area contributed by atoms with Crippen LogP contribution in [0.4, 0.5) is 5.69 Å². The van der Waals surface area contributed by atoms with Gasteiger partial charge in [-0.05, 0) is 25.1 Å². The molecule has 0 aromatic heterocycles. The molecule has 0 radical (unpaired) electrons. The summed E-state index contributed by atoms with van der Waals surface area (Å²) in [6.07, 6.45) is 2.22. The zero-order chi connectivity index (χ0) is 13.2. The van der Waals surface area contributed by atoms with E-state index in [9.17, 15) is 4.79 Å². The first-order chi connectivity index (χ1) is 8.76. The van der Waals surface area contributed by atoms with Crippen LogP contribution in [0.15, 0.2) is 30.3 Å². The van der Waals surface area contributed by atoms with Crippen molar-refractivity contribution >= 4 is 11.6 Å². The predicted octanol–water partition coefficient (Wildman–Crippen LogP) is 1.69. The van der Waals surface area contributed by atoms with Gasteiger partial charge in [0.05, 0.1) is 6.54 Å². The lowest BCUT2D eigenvalue weighted by Crippen LogP contribution is -2.37. The van der Waals surface area contributed by atoms with Crippen molar-refractivity contribution in [1.29, 1.82) is 0 Å². The zero-order valence-electron chi connectivity index (χ0n) is 11.1. The van der Waals surface area contributed by atoms with Crippen molar-refractivity contribution in [2.75, 3.05) is 31.5 Å². The van der Waals surface area contributed by atoms with E-state index in [4.69, 9.17) is 5.73 Å². The number of anilines is 1. The molecule has 0 saturated heterocycles. The second-order valence-electron chi connectivity index (χ2n) is 4.33. The molecule has 0 unspecified atom stereocenters. The van der Waals surface area contributed by atoms with Crippen molar-refractivity contribution in [2.45, 2.75) is 19.8 Å². The minimum atomic E-state index is 0.0192. The monoisotopic (exact) mass is 249 g/mol. The Morgan fingerprint density at radius 2 is 2.00 bits per heavy atom. The number of hydrogen-bond donors (Lipinski definition) is 2. The van der Waals surface area contributed by atoms with Gasteiger partial charge in [-0.3, -0.25) is 9.69 Å². The third-order valence-electron chi connectivity index (χ3n) is 2.70. The Labute approximate surface area is 109 Å². The van der Waals surface area contributed by atoms with Crippen LogP contribution in [0.5, 0.6) is 0 Å². The molecule has 1 rings (SSSR count). The van der Waals surface area contributed by atoms with E-state index in [0.29, 0.717) is 13.1 Å². The van der Waals surface area contributed by atoms with Crippen LogP contribution in [0.25, 0.3) is 0 Å². The number of nitrogens with zero attached hydrogens (tertiary/aromatic N) is 1. The summed E-state index contributed by atoms with van der Waals surface area (Å²) in [6.45, 7) is 4.83. The fourth-order valence-electron chi connectivity index (χ4n) is 1.76.